The van der Waals surface area contributed by atoms with Gasteiger partial charge in [-0.25, -0.2) is 4.79 Å². The second-order valence-electron chi connectivity index (χ2n) is 9.31. The highest BCUT2D eigenvalue weighted by Gasteiger charge is 2.28. The molecular formula is C26H35NO4S. The number of rotatable bonds is 9. The number of nitrogens with one attached hydrogen (secondary N) is 1. The Morgan fingerprint density at radius 3 is 2.59 bits per heavy atom. The second kappa shape index (κ2) is 10.5. The molecule has 1 N–H and O–H groups in total. The first-order valence-corrected chi connectivity index (χ1v) is 12.3. The lowest BCUT2D eigenvalue weighted by Crippen LogP contribution is -2.16. The highest BCUT2D eigenvalue weighted by Crippen LogP contribution is 2.40. The van der Waals surface area contributed by atoms with Crippen LogP contribution >= 0.6 is 11.3 Å². The number of anilines is 1. The van der Waals surface area contributed by atoms with Crippen LogP contribution in [0.2, 0.25) is 0 Å². The first-order chi connectivity index (χ1) is 15.2. The SMILES string of the molecule is CCC(C)(C)c1ccc(OCCCC(=O)Nc2sc3c(c2C(=O)OC)CCC(C)C3)cc1. The van der Waals surface area contributed by atoms with E-state index in [0.717, 1.165) is 37.0 Å². The number of fused-ring (bicyclic) bond motifs is 1. The van der Waals surface area contributed by atoms with Crippen molar-refractivity contribution in [2.24, 2.45) is 5.92 Å². The molecule has 1 atom stereocenters. The molecular weight excluding hydrogens is 422 g/mol. The summed E-state index contributed by atoms with van der Waals surface area (Å²) < 4.78 is 10.8. The van der Waals surface area contributed by atoms with Crippen molar-refractivity contribution in [3.8, 4) is 5.75 Å². The van der Waals surface area contributed by atoms with Gasteiger partial charge in [-0.3, -0.25) is 4.79 Å². The van der Waals surface area contributed by atoms with E-state index >= 15 is 0 Å². The molecule has 1 unspecified atom stereocenters. The van der Waals surface area contributed by atoms with Crippen molar-refractivity contribution in [1.82, 2.24) is 0 Å². The number of ether oxygens (including phenoxy) is 2. The molecule has 0 aliphatic heterocycles. The van der Waals surface area contributed by atoms with Crippen molar-refractivity contribution in [3.63, 3.8) is 0 Å². The van der Waals surface area contributed by atoms with Crippen LogP contribution in [0.3, 0.4) is 0 Å². The van der Waals surface area contributed by atoms with Gasteiger partial charge in [0.05, 0.1) is 19.3 Å². The third kappa shape index (κ3) is 5.71. The quantitative estimate of drug-likeness (QED) is 0.363. The molecule has 1 aliphatic carbocycles. The zero-order valence-electron chi connectivity index (χ0n) is 19.9. The molecule has 0 saturated carbocycles. The minimum Gasteiger partial charge on any atom is -0.494 e. The number of hydrogen-bond acceptors (Lipinski definition) is 5. The van der Waals surface area contributed by atoms with Crippen LogP contribution in [0.1, 0.15) is 79.7 Å². The standard InChI is InChI=1S/C26H35NO4S/c1-6-26(3,4)18-10-12-19(13-11-18)31-15-7-8-22(28)27-24-23(25(29)30-5)20-14-9-17(2)16-21(20)32-24/h10-13,17H,6-9,14-16H2,1-5H3,(H,27,28). The van der Waals surface area contributed by atoms with E-state index in [1.165, 1.54) is 28.9 Å². The molecule has 1 aromatic heterocycles. The number of amides is 1. The smallest absolute Gasteiger partial charge is 0.341 e. The fourth-order valence-corrected chi connectivity index (χ4v) is 5.39. The molecule has 0 bridgehead atoms. The van der Waals surface area contributed by atoms with Gasteiger partial charge < -0.3 is 14.8 Å². The Hall–Kier alpha value is -2.34. The number of hydrogen-bond donors (Lipinski definition) is 1. The second-order valence-corrected chi connectivity index (χ2v) is 10.4. The van der Waals surface area contributed by atoms with E-state index in [1.54, 1.807) is 0 Å². The van der Waals surface area contributed by atoms with Crippen LogP contribution in [-0.2, 0) is 27.8 Å². The summed E-state index contributed by atoms with van der Waals surface area (Å²) in [7, 11) is 1.39. The molecule has 6 heteroatoms. The first-order valence-electron chi connectivity index (χ1n) is 11.5. The zero-order chi connectivity index (χ0) is 23.3. The molecule has 2 aromatic rings. The highest BCUT2D eigenvalue weighted by atomic mass is 32.1. The van der Waals surface area contributed by atoms with Gasteiger partial charge in [0.2, 0.25) is 5.91 Å². The largest absolute Gasteiger partial charge is 0.494 e. The van der Waals surface area contributed by atoms with Crippen LogP contribution in [-0.4, -0.2) is 25.6 Å². The van der Waals surface area contributed by atoms with Gasteiger partial charge in [0, 0.05) is 11.3 Å². The van der Waals surface area contributed by atoms with Crippen LogP contribution in [0.25, 0.3) is 0 Å². The number of benzene rings is 1. The molecule has 0 fully saturated rings. The van der Waals surface area contributed by atoms with Gasteiger partial charge >= 0.3 is 5.97 Å². The highest BCUT2D eigenvalue weighted by molar-refractivity contribution is 7.17. The summed E-state index contributed by atoms with van der Waals surface area (Å²) in [6, 6.07) is 8.21. The molecule has 174 valence electrons. The van der Waals surface area contributed by atoms with E-state index in [2.05, 4.69) is 45.1 Å². The summed E-state index contributed by atoms with van der Waals surface area (Å²) in [6.07, 6.45) is 4.86. The number of thiophene rings is 1. The van der Waals surface area contributed by atoms with Crippen LogP contribution in [0.4, 0.5) is 5.00 Å². The van der Waals surface area contributed by atoms with Crippen molar-refractivity contribution in [2.45, 2.75) is 71.6 Å². The molecule has 32 heavy (non-hydrogen) atoms. The number of methoxy groups -OCH3 is 1. The minimum absolute atomic E-state index is 0.106. The zero-order valence-corrected chi connectivity index (χ0v) is 20.7. The summed E-state index contributed by atoms with van der Waals surface area (Å²) in [5, 5.41) is 3.57. The third-order valence-electron chi connectivity index (χ3n) is 6.49. The van der Waals surface area contributed by atoms with E-state index in [4.69, 9.17) is 9.47 Å². The van der Waals surface area contributed by atoms with E-state index in [0.29, 0.717) is 35.9 Å². The summed E-state index contributed by atoms with van der Waals surface area (Å²) in [6.45, 7) is 9.34. The predicted octanol–water partition coefficient (Wildman–Crippen LogP) is 6.14. The predicted molar refractivity (Wildman–Crippen MR) is 130 cm³/mol. The van der Waals surface area contributed by atoms with Crippen molar-refractivity contribution in [3.05, 3.63) is 45.8 Å². The van der Waals surface area contributed by atoms with Crippen molar-refractivity contribution in [2.75, 3.05) is 19.0 Å². The van der Waals surface area contributed by atoms with E-state index in [9.17, 15) is 9.59 Å². The maximum absolute atomic E-state index is 12.5. The molecule has 1 aromatic carbocycles. The lowest BCUT2D eigenvalue weighted by molar-refractivity contribution is -0.116. The Balaban J connectivity index is 1.53. The Labute approximate surface area is 195 Å². The third-order valence-corrected chi connectivity index (χ3v) is 7.66. The number of carbonyl (C=O) groups is 2. The topological polar surface area (TPSA) is 64.6 Å². The molecule has 1 aliphatic rings. The summed E-state index contributed by atoms with van der Waals surface area (Å²) in [5.41, 5.74) is 3.03. The van der Waals surface area contributed by atoms with Crippen molar-refractivity contribution < 1.29 is 19.1 Å². The summed E-state index contributed by atoms with van der Waals surface area (Å²) in [4.78, 5) is 26.1. The lowest BCUT2D eigenvalue weighted by atomic mass is 9.82. The lowest BCUT2D eigenvalue weighted by Gasteiger charge is -2.23. The van der Waals surface area contributed by atoms with Gasteiger partial charge in [-0.05, 0) is 66.7 Å². The monoisotopic (exact) mass is 457 g/mol. The Morgan fingerprint density at radius 2 is 1.94 bits per heavy atom. The Morgan fingerprint density at radius 1 is 1.22 bits per heavy atom. The molecule has 0 radical (unpaired) electrons. The molecule has 3 rings (SSSR count). The average Bonchev–Trinajstić information content (AvgIpc) is 3.13. The minimum atomic E-state index is -0.370. The van der Waals surface area contributed by atoms with Crippen LogP contribution < -0.4 is 10.1 Å². The van der Waals surface area contributed by atoms with E-state index < -0.39 is 0 Å². The fraction of sp³-hybridized carbons (Fsp3) is 0.538. The molecule has 0 spiro atoms. The Kier molecular flexibility index (Phi) is 7.99. The van der Waals surface area contributed by atoms with Crippen molar-refractivity contribution >= 4 is 28.2 Å². The van der Waals surface area contributed by atoms with Crippen LogP contribution in [0, 0.1) is 5.92 Å². The average molecular weight is 458 g/mol. The van der Waals surface area contributed by atoms with E-state index in [1.807, 2.05) is 12.1 Å². The number of esters is 1. The van der Waals surface area contributed by atoms with Gasteiger partial charge in [-0.15, -0.1) is 11.3 Å². The van der Waals surface area contributed by atoms with Gasteiger partial charge in [0.25, 0.3) is 0 Å². The van der Waals surface area contributed by atoms with Crippen LogP contribution in [0.5, 0.6) is 5.75 Å². The van der Waals surface area contributed by atoms with Gasteiger partial charge in [0.15, 0.2) is 0 Å². The molecule has 5 nitrogen and oxygen atoms in total. The molecule has 1 amide bonds. The molecule has 1 heterocycles. The van der Waals surface area contributed by atoms with Crippen LogP contribution in [0.15, 0.2) is 24.3 Å². The van der Waals surface area contributed by atoms with Gasteiger partial charge in [-0.1, -0.05) is 39.8 Å². The summed E-state index contributed by atoms with van der Waals surface area (Å²) >= 11 is 1.51. The number of carbonyl (C=O) groups excluding carboxylic acids is 2. The fourth-order valence-electron chi connectivity index (χ4n) is 3.98. The molecule has 0 saturated heterocycles. The van der Waals surface area contributed by atoms with Gasteiger partial charge in [0.1, 0.15) is 10.8 Å². The first kappa shape index (κ1) is 24.3. The van der Waals surface area contributed by atoms with E-state index in [-0.39, 0.29) is 17.3 Å². The summed E-state index contributed by atoms with van der Waals surface area (Å²) in [5.74, 6) is 0.930. The Bertz CT molecular complexity index is 945. The normalized spacial score (nSPS) is 15.7. The maximum Gasteiger partial charge on any atom is 0.341 e. The maximum atomic E-state index is 12.5. The van der Waals surface area contributed by atoms with Gasteiger partial charge in [-0.2, -0.15) is 0 Å². The van der Waals surface area contributed by atoms with Crippen molar-refractivity contribution in [1.29, 1.82) is 0 Å².